The van der Waals surface area contributed by atoms with Crippen molar-refractivity contribution in [1.82, 2.24) is 5.32 Å². The molecule has 20 heavy (non-hydrogen) atoms. The van der Waals surface area contributed by atoms with Gasteiger partial charge in [0.1, 0.15) is 29.6 Å². The molecule has 1 atom stereocenters. The molecule has 1 aromatic heterocycles. The molecule has 2 aromatic rings. The fraction of sp³-hybridized carbons (Fsp3) is 0.375. The normalized spacial score (nSPS) is 12.2. The van der Waals surface area contributed by atoms with E-state index in [2.05, 4.69) is 12.2 Å². The molecule has 108 valence electrons. The van der Waals surface area contributed by atoms with Crippen LogP contribution in [0, 0.1) is 6.92 Å². The maximum absolute atomic E-state index is 5.65. The number of methoxy groups -OCH3 is 1. The number of furan rings is 1. The fourth-order valence-corrected chi connectivity index (χ4v) is 1.90. The van der Waals surface area contributed by atoms with Crippen molar-refractivity contribution in [3.8, 4) is 11.5 Å². The van der Waals surface area contributed by atoms with Crippen molar-refractivity contribution in [3.05, 3.63) is 47.9 Å². The van der Waals surface area contributed by atoms with Crippen LogP contribution < -0.4 is 14.8 Å². The molecule has 1 unspecified atom stereocenters. The largest absolute Gasteiger partial charge is 0.497 e. The van der Waals surface area contributed by atoms with Crippen LogP contribution in [-0.2, 0) is 0 Å². The summed E-state index contributed by atoms with van der Waals surface area (Å²) in [6, 6.07) is 11.7. The van der Waals surface area contributed by atoms with Crippen molar-refractivity contribution in [2.24, 2.45) is 0 Å². The quantitative estimate of drug-likeness (QED) is 0.787. The standard InChI is InChI=1S/C16H21NO3/c1-12-4-9-16(20-12)13(2)17-10-11-19-15-7-5-14(18-3)6-8-15/h4-9,13,17H,10-11H2,1-3H3. The van der Waals surface area contributed by atoms with Crippen LogP contribution in [0.2, 0.25) is 0 Å². The lowest BCUT2D eigenvalue weighted by atomic mass is 10.2. The third kappa shape index (κ3) is 4.03. The van der Waals surface area contributed by atoms with Crippen LogP contribution in [0.5, 0.6) is 11.5 Å². The molecule has 0 aliphatic heterocycles. The molecule has 4 nitrogen and oxygen atoms in total. The van der Waals surface area contributed by atoms with Gasteiger partial charge in [0.2, 0.25) is 0 Å². The summed E-state index contributed by atoms with van der Waals surface area (Å²) in [5, 5.41) is 3.36. The van der Waals surface area contributed by atoms with Crippen LogP contribution in [0.25, 0.3) is 0 Å². The first-order valence-corrected chi connectivity index (χ1v) is 6.75. The molecule has 0 bridgehead atoms. The average Bonchev–Trinajstić information content (AvgIpc) is 2.91. The van der Waals surface area contributed by atoms with E-state index in [4.69, 9.17) is 13.9 Å². The molecule has 0 radical (unpaired) electrons. The molecule has 0 saturated carbocycles. The third-order valence-corrected chi connectivity index (χ3v) is 3.07. The number of rotatable bonds is 7. The van der Waals surface area contributed by atoms with E-state index in [1.165, 1.54) is 0 Å². The van der Waals surface area contributed by atoms with Crippen molar-refractivity contribution in [2.75, 3.05) is 20.3 Å². The number of aryl methyl sites for hydroxylation is 1. The van der Waals surface area contributed by atoms with Gasteiger partial charge in [-0.25, -0.2) is 0 Å². The first-order chi connectivity index (χ1) is 9.69. The Morgan fingerprint density at radius 1 is 1.10 bits per heavy atom. The maximum Gasteiger partial charge on any atom is 0.120 e. The lowest BCUT2D eigenvalue weighted by Gasteiger charge is -2.12. The number of hydrogen-bond acceptors (Lipinski definition) is 4. The monoisotopic (exact) mass is 275 g/mol. The molecule has 1 heterocycles. The second-order valence-electron chi connectivity index (χ2n) is 4.65. The van der Waals surface area contributed by atoms with E-state index in [0.717, 1.165) is 29.6 Å². The van der Waals surface area contributed by atoms with Gasteiger partial charge in [-0.2, -0.15) is 0 Å². The number of hydrogen-bond donors (Lipinski definition) is 1. The van der Waals surface area contributed by atoms with Crippen LogP contribution in [-0.4, -0.2) is 20.3 Å². The van der Waals surface area contributed by atoms with Gasteiger partial charge in [-0.05, 0) is 50.2 Å². The van der Waals surface area contributed by atoms with Gasteiger partial charge in [0.25, 0.3) is 0 Å². The molecule has 0 saturated heterocycles. The maximum atomic E-state index is 5.65. The van der Waals surface area contributed by atoms with Crippen LogP contribution in [0.4, 0.5) is 0 Å². The summed E-state index contributed by atoms with van der Waals surface area (Å²) in [5.41, 5.74) is 0. The zero-order chi connectivity index (χ0) is 14.4. The molecule has 4 heteroatoms. The summed E-state index contributed by atoms with van der Waals surface area (Å²) in [6.45, 7) is 5.39. The average molecular weight is 275 g/mol. The highest BCUT2D eigenvalue weighted by Crippen LogP contribution is 2.17. The minimum absolute atomic E-state index is 0.183. The van der Waals surface area contributed by atoms with Crippen LogP contribution in [0.15, 0.2) is 40.8 Å². The second-order valence-corrected chi connectivity index (χ2v) is 4.65. The molecule has 0 fully saturated rings. The van der Waals surface area contributed by atoms with Crippen LogP contribution >= 0.6 is 0 Å². The van der Waals surface area contributed by atoms with Crippen molar-refractivity contribution < 1.29 is 13.9 Å². The lowest BCUT2D eigenvalue weighted by molar-refractivity contribution is 0.300. The summed E-state index contributed by atoms with van der Waals surface area (Å²) < 4.78 is 16.3. The molecule has 0 spiro atoms. The molecule has 0 amide bonds. The highest BCUT2D eigenvalue weighted by atomic mass is 16.5. The number of ether oxygens (including phenoxy) is 2. The highest BCUT2D eigenvalue weighted by molar-refractivity contribution is 5.31. The molecule has 1 aromatic carbocycles. The zero-order valence-corrected chi connectivity index (χ0v) is 12.2. The Labute approximate surface area is 119 Å². The van der Waals surface area contributed by atoms with E-state index in [9.17, 15) is 0 Å². The van der Waals surface area contributed by atoms with Gasteiger partial charge >= 0.3 is 0 Å². The topological polar surface area (TPSA) is 43.6 Å². The highest BCUT2D eigenvalue weighted by Gasteiger charge is 2.08. The fourth-order valence-electron chi connectivity index (χ4n) is 1.90. The van der Waals surface area contributed by atoms with Crippen molar-refractivity contribution in [2.45, 2.75) is 19.9 Å². The Hall–Kier alpha value is -1.94. The molecule has 2 rings (SSSR count). The van der Waals surface area contributed by atoms with Crippen molar-refractivity contribution in [3.63, 3.8) is 0 Å². The predicted octanol–water partition coefficient (Wildman–Crippen LogP) is 3.33. The summed E-state index contributed by atoms with van der Waals surface area (Å²) in [7, 11) is 1.65. The van der Waals surface area contributed by atoms with E-state index in [1.807, 2.05) is 43.3 Å². The first kappa shape index (κ1) is 14.5. The van der Waals surface area contributed by atoms with E-state index in [-0.39, 0.29) is 6.04 Å². The van der Waals surface area contributed by atoms with Crippen LogP contribution in [0.3, 0.4) is 0 Å². The van der Waals surface area contributed by atoms with Gasteiger partial charge in [-0.1, -0.05) is 0 Å². The van der Waals surface area contributed by atoms with Gasteiger partial charge < -0.3 is 19.2 Å². The van der Waals surface area contributed by atoms with Gasteiger partial charge in [0.05, 0.1) is 13.2 Å². The Bertz CT molecular complexity index is 519. The molecule has 1 N–H and O–H groups in total. The van der Waals surface area contributed by atoms with Gasteiger partial charge in [0, 0.05) is 6.54 Å². The predicted molar refractivity (Wildman–Crippen MR) is 78.4 cm³/mol. The third-order valence-electron chi connectivity index (χ3n) is 3.07. The van der Waals surface area contributed by atoms with E-state index in [1.54, 1.807) is 7.11 Å². The van der Waals surface area contributed by atoms with Crippen LogP contribution in [0.1, 0.15) is 24.5 Å². The Morgan fingerprint density at radius 2 is 1.80 bits per heavy atom. The zero-order valence-electron chi connectivity index (χ0n) is 12.2. The minimum atomic E-state index is 0.183. The van der Waals surface area contributed by atoms with Gasteiger partial charge in [-0.15, -0.1) is 0 Å². The molecule has 0 aliphatic carbocycles. The van der Waals surface area contributed by atoms with E-state index < -0.39 is 0 Å². The molecular weight excluding hydrogens is 254 g/mol. The smallest absolute Gasteiger partial charge is 0.120 e. The first-order valence-electron chi connectivity index (χ1n) is 6.75. The van der Waals surface area contributed by atoms with Gasteiger partial charge in [-0.3, -0.25) is 0 Å². The summed E-state index contributed by atoms with van der Waals surface area (Å²) >= 11 is 0. The Balaban J connectivity index is 1.70. The summed E-state index contributed by atoms with van der Waals surface area (Å²) in [4.78, 5) is 0. The van der Waals surface area contributed by atoms with Crippen molar-refractivity contribution >= 4 is 0 Å². The minimum Gasteiger partial charge on any atom is -0.497 e. The number of nitrogens with one attached hydrogen (secondary N) is 1. The van der Waals surface area contributed by atoms with E-state index >= 15 is 0 Å². The SMILES string of the molecule is COc1ccc(OCCNC(C)c2ccc(C)o2)cc1. The second kappa shape index (κ2) is 7.01. The lowest BCUT2D eigenvalue weighted by Crippen LogP contribution is -2.24. The van der Waals surface area contributed by atoms with Crippen molar-refractivity contribution in [1.29, 1.82) is 0 Å². The summed E-state index contributed by atoms with van der Waals surface area (Å²) in [5.74, 6) is 3.56. The Kier molecular flexibility index (Phi) is 5.07. The molecular formula is C16H21NO3. The summed E-state index contributed by atoms with van der Waals surface area (Å²) in [6.07, 6.45) is 0. The Morgan fingerprint density at radius 3 is 2.40 bits per heavy atom. The number of benzene rings is 1. The van der Waals surface area contributed by atoms with Gasteiger partial charge in [0.15, 0.2) is 0 Å². The van der Waals surface area contributed by atoms with E-state index in [0.29, 0.717) is 6.61 Å². The molecule has 0 aliphatic rings.